The van der Waals surface area contributed by atoms with E-state index in [2.05, 4.69) is 31.2 Å². The van der Waals surface area contributed by atoms with Gasteiger partial charge in [0.15, 0.2) is 5.69 Å². The van der Waals surface area contributed by atoms with Crippen LogP contribution in [0.2, 0.25) is 0 Å². The molecule has 1 N–H and O–H groups in total. The molecule has 0 aliphatic heterocycles. The second-order valence-corrected chi connectivity index (χ2v) is 4.93. The molecule has 0 aromatic carbocycles. The van der Waals surface area contributed by atoms with Crippen LogP contribution in [0.3, 0.4) is 0 Å². The Hall–Kier alpha value is -2.23. The monoisotopic (exact) mass is 342 g/mol. The predicted octanol–water partition coefficient (Wildman–Crippen LogP) is 1.09. The molecule has 0 atom stereocenters. The van der Waals surface area contributed by atoms with Crippen molar-refractivity contribution in [1.82, 2.24) is 24.9 Å². The van der Waals surface area contributed by atoms with Crippen molar-refractivity contribution in [2.24, 2.45) is 7.05 Å². The lowest BCUT2D eigenvalue weighted by Crippen LogP contribution is -2.27. The van der Waals surface area contributed by atoms with E-state index in [9.17, 15) is 14.9 Å². The van der Waals surface area contributed by atoms with E-state index in [-0.39, 0.29) is 22.5 Å². The highest BCUT2D eigenvalue weighted by molar-refractivity contribution is 9.10. The molecule has 0 aliphatic rings. The molecule has 9 nitrogen and oxygen atoms in total. The van der Waals surface area contributed by atoms with Crippen LogP contribution < -0.4 is 0 Å². The largest absolute Gasteiger partial charge is 0.358 e. The molecule has 0 fully saturated rings. The first-order chi connectivity index (χ1) is 9.40. The topological polar surface area (TPSA) is 110 Å². The van der Waals surface area contributed by atoms with Crippen molar-refractivity contribution in [1.29, 1.82) is 0 Å². The molecule has 2 aromatic heterocycles. The van der Waals surface area contributed by atoms with E-state index in [4.69, 9.17) is 0 Å². The van der Waals surface area contributed by atoms with E-state index < -0.39 is 10.8 Å². The average Bonchev–Trinajstić information content (AvgIpc) is 2.94. The third kappa shape index (κ3) is 2.69. The molecule has 2 rings (SSSR count). The van der Waals surface area contributed by atoms with Crippen LogP contribution in [-0.2, 0) is 13.6 Å². The summed E-state index contributed by atoms with van der Waals surface area (Å²) in [5.41, 5.74) is 0.680. The third-order valence-corrected chi connectivity index (χ3v) is 3.34. The summed E-state index contributed by atoms with van der Waals surface area (Å²) in [7, 11) is 3.35. The first kappa shape index (κ1) is 14.2. The molecule has 20 heavy (non-hydrogen) atoms. The smallest absolute Gasteiger partial charge is 0.357 e. The lowest BCUT2D eigenvalue weighted by molar-refractivity contribution is -0.390. The second kappa shape index (κ2) is 5.41. The number of rotatable bonds is 4. The first-order valence-corrected chi connectivity index (χ1v) is 6.31. The Labute approximate surface area is 121 Å². The number of aromatic amines is 1. The Kier molecular flexibility index (Phi) is 3.84. The van der Waals surface area contributed by atoms with Gasteiger partial charge in [-0.25, -0.2) is 0 Å². The third-order valence-electron chi connectivity index (χ3n) is 2.59. The fourth-order valence-electron chi connectivity index (χ4n) is 1.62. The van der Waals surface area contributed by atoms with Crippen LogP contribution >= 0.6 is 15.9 Å². The highest BCUT2D eigenvalue weighted by Gasteiger charge is 2.27. The van der Waals surface area contributed by atoms with Gasteiger partial charge in [-0.3, -0.25) is 9.48 Å². The zero-order valence-electron chi connectivity index (χ0n) is 10.7. The zero-order valence-corrected chi connectivity index (χ0v) is 12.3. The normalized spacial score (nSPS) is 10.6. The molecule has 2 heterocycles. The number of aromatic nitrogens is 4. The zero-order chi connectivity index (χ0) is 14.9. The number of halogens is 1. The lowest BCUT2D eigenvalue weighted by Gasteiger charge is -2.13. The molecule has 0 aliphatic carbocycles. The van der Waals surface area contributed by atoms with Gasteiger partial charge in [-0.05, 0) is 26.9 Å². The summed E-state index contributed by atoms with van der Waals surface area (Å²) in [5, 5.41) is 20.7. The quantitative estimate of drug-likeness (QED) is 0.660. The number of carbonyl (C=O) groups excluding carboxylic acids is 1. The maximum Gasteiger partial charge on any atom is 0.357 e. The van der Waals surface area contributed by atoms with Gasteiger partial charge in [0.1, 0.15) is 4.47 Å². The molecule has 1 amide bonds. The van der Waals surface area contributed by atoms with E-state index in [1.165, 1.54) is 4.90 Å². The number of nitrogens with zero attached hydrogens (tertiary/aromatic N) is 5. The van der Waals surface area contributed by atoms with E-state index in [0.29, 0.717) is 5.69 Å². The summed E-state index contributed by atoms with van der Waals surface area (Å²) in [5.74, 6) is -0.786. The minimum absolute atomic E-state index is 0.0323. The van der Waals surface area contributed by atoms with Gasteiger partial charge in [0.05, 0.1) is 12.2 Å². The molecular weight excluding hydrogens is 332 g/mol. The Morgan fingerprint density at radius 1 is 1.65 bits per heavy atom. The second-order valence-electron chi connectivity index (χ2n) is 4.13. The maximum absolute atomic E-state index is 12.2. The van der Waals surface area contributed by atoms with Gasteiger partial charge >= 0.3 is 5.82 Å². The Morgan fingerprint density at radius 3 is 2.85 bits per heavy atom. The Morgan fingerprint density at radius 2 is 2.35 bits per heavy atom. The van der Waals surface area contributed by atoms with Crippen molar-refractivity contribution in [2.45, 2.75) is 6.54 Å². The van der Waals surface area contributed by atoms with Crippen LogP contribution in [0, 0.1) is 10.1 Å². The Balaban J connectivity index is 2.16. The van der Waals surface area contributed by atoms with Crippen molar-refractivity contribution >= 4 is 27.7 Å². The standard InChI is InChI=1S/C10H11BrN6O3/c1-15(5-6-3-4-16(2)14-6)10(18)8-7(11)9(13-12-8)17(19)20/h3-4H,5H2,1-2H3,(H,12,13). The number of H-pyrrole nitrogens is 1. The molecule has 0 unspecified atom stereocenters. The molecule has 0 saturated heterocycles. The number of hydrogen-bond acceptors (Lipinski definition) is 5. The number of aryl methyl sites for hydroxylation is 1. The van der Waals surface area contributed by atoms with Gasteiger partial charge < -0.3 is 15.0 Å². The summed E-state index contributed by atoms with van der Waals surface area (Å²) in [4.78, 5) is 23.6. The van der Waals surface area contributed by atoms with Gasteiger partial charge in [0.25, 0.3) is 5.91 Å². The first-order valence-electron chi connectivity index (χ1n) is 5.52. The van der Waals surface area contributed by atoms with Gasteiger partial charge in [-0.1, -0.05) is 5.10 Å². The average molecular weight is 343 g/mol. The maximum atomic E-state index is 12.2. The van der Waals surface area contributed by atoms with Crippen LogP contribution in [0.25, 0.3) is 0 Å². The molecule has 106 valence electrons. The predicted molar refractivity (Wildman–Crippen MR) is 71.9 cm³/mol. The molecular formula is C10H11BrN6O3. The summed E-state index contributed by atoms with van der Waals surface area (Å²) < 4.78 is 1.67. The van der Waals surface area contributed by atoms with Crippen molar-refractivity contribution < 1.29 is 9.72 Å². The van der Waals surface area contributed by atoms with E-state index in [1.54, 1.807) is 31.0 Å². The molecule has 0 bridgehead atoms. The van der Waals surface area contributed by atoms with Crippen LogP contribution in [0.5, 0.6) is 0 Å². The van der Waals surface area contributed by atoms with Crippen LogP contribution in [-0.4, -0.2) is 42.8 Å². The van der Waals surface area contributed by atoms with Crippen LogP contribution in [0.15, 0.2) is 16.7 Å². The summed E-state index contributed by atoms with van der Waals surface area (Å²) >= 11 is 3.01. The lowest BCUT2D eigenvalue weighted by atomic mass is 10.3. The van der Waals surface area contributed by atoms with Crippen LogP contribution in [0.1, 0.15) is 16.2 Å². The van der Waals surface area contributed by atoms with Gasteiger partial charge in [-0.2, -0.15) is 5.10 Å². The van der Waals surface area contributed by atoms with Crippen molar-refractivity contribution in [3.8, 4) is 0 Å². The van der Waals surface area contributed by atoms with E-state index in [0.717, 1.165) is 0 Å². The van der Waals surface area contributed by atoms with Gasteiger partial charge in [0.2, 0.25) is 0 Å². The highest BCUT2D eigenvalue weighted by atomic mass is 79.9. The summed E-state index contributed by atoms with van der Waals surface area (Å²) in [6.07, 6.45) is 1.77. The minimum Gasteiger partial charge on any atom is -0.358 e. The van der Waals surface area contributed by atoms with Crippen molar-refractivity contribution in [2.75, 3.05) is 7.05 Å². The molecule has 10 heteroatoms. The fraction of sp³-hybridized carbons (Fsp3) is 0.300. The van der Waals surface area contributed by atoms with E-state index in [1.807, 2.05) is 0 Å². The van der Waals surface area contributed by atoms with Crippen molar-refractivity contribution in [3.63, 3.8) is 0 Å². The summed E-state index contributed by atoms with van der Waals surface area (Å²) in [6.45, 7) is 0.284. The number of nitro groups is 1. The SMILES string of the molecule is CN(Cc1ccn(C)n1)C(=O)c1n[nH]c([N+](=O)[O-])c1Br. The number of carbonyl (C=O) groups is 1. The highest BCUT2D eigenvalue weighted by Crippen LogP contribution is 2.26. The van der Waals surface area contributed by atoms with E-state index >= 15 is 0 Å². The molecule has 2 aromatic rings. The number of nitrogens with one attached hydrogen (secondary N) is 1. The fourth-order valence-corrected chi connectivity index (χ4v) is 2.12. The molecule has 0 spiro atoms. The van der Waals surface area contributed by atoms with Crippen molar-refractivity contribution in [3.05, 3.63) is 38.2 Å². The number of hydrogen-bond donors (Lipinski definition) is 1. The minimum atomic E-state index is -0.646. The van der Waals surface area contributed by atoms with Crippen LogP contribution in [0.4, 0.5) is 5.82 Å². The molecule has 0 saturated carbocycles. The summed E-state index contributed by atoms with van der Waals surface area (Å²) in [6, 6.07) is 1.78. The number of amides is 1. The Bertz CT molecular complexity index is 664. The van der Waals surface area contributed by atoms with Gasteiger partial charge in [0, 0.05) is 20.3 Å². The molecule has 0 radical (unpaired) electrons. The van der Waals surface area contributed by atoms with Gasteiger partial charge in [-0.15, -0.1) is 5.10 Å².